The predicted molar refractivity (Wildman–Crippen MR) is 72.3 cm³/mol. The molecule has 0 aliphatic heterocycles. The van der Waals surface area contributed by atoms with E-state index in [-0.39, 0.29) is 17.4 Å². The number of hydrogen-bond donors (Lipinski definition) is 2. The van der Waals surface area contributed by atoms with Crippen molar-refractivity contribution in [2.24, 2.45) is 5.92 Å². The van der Waals surface area contributed by atoms with Gasteiger partial charge in [-0.05, 0) is 25.2 Å². The number of pyridine rings is 1. The Labute approximate surface area is 112 Å². The molecule has 1 aromatic heterocycles. The fourth-order valence-corrected chi connectivity index (χ4v) is 2.59. The number of carboxylic acids is 1. The molecule has 2 unspecified atom stereocenters. The molecule has 104 valence electrons. The summed E-state index contributed by atoms with van der Waals surface area (Å²) in [4.78, 5) is 15.1. The smallest absolute Gasteiger partial charge is 0.338 e. The van der Waals surface area contributed by atoms with E-state index in [0.717, 1.165) is 25.7 Å². The van der Waals surface area contributed by atoms with E-state index in [1.165, 1.54) is 18.7 Å². The van der Waals surface area contributed by atoms with Crippen LogP contribution in [-0.4, -0.2) is 22.2 Å². The second-order valence-electron chi connectivity index (χ2n) is 5.10. The number of aromatic nitrogens is 1. The van der Waals surface area contributed by atoms with Gasteiger partial charge in [0.05, 0.1) is 17.4 Å². The van der Waals surface area contributed by atoms with Crippen LogP contribution in [0.1, 0.15) is 49.4 Å². The van der Waals surface area contributed by atoms with Crippen LogP contribution in [0.15, 0.2) is 12.3 Å². The van der Waals surface area contributed by atoms with Crippen LogP contribution in [0.5, 0.6) is 5.88 Å². The Morgan fingerprint density at radius 2 is 2.37 bits per heavy atom. The van der Waals surface area contributed by atoms with E-state index >= 15 is 0 Å². The van der Waals surface area contributed by atoms with E-state index in [9.17, 15) is 4.79 Å². The quantitative estimate of drug-likeness (QED) is 0.873. The molecule has 1 saturated carbocycles. The van der Waals surface area contributed by atoms with Crippen molar-refractivity contribution in [2.45, 2.75) is 45.1 Å². The van der Waals surface area contributed by atoms with E-state index in [2.05, 4.69) is 11.9 Å². The van der Waals surface area contributed by atoms with Crippen LogP contribution in [0.2, 0.25) is 0 Å². The highest BCUT2D eigenvalue weighted by Crippen LogP contribution is 2.29. The standard InChI is InChI=1S/C14H20N2O3/c1-2-9-4-3-5-10(6-9)19-13-7-11(14(17)18)12(15)8-16-13/h7-10H,2-6,15H2,1H3,(H,17,18). The molecule has 2 atom stereocenters. The Bertz CT molecular complexity index is 462. The summed E-state index contributed by atoms with van der Waals surface area (Å²) >= 11 is 0. The van der Waals surface area contributed by atoms with Crippen LogP contribution in [0.4, 0.5) is 5.69 Å². The van der Waals surface area contributed by atoms with Gasteiger partial charge in [-0.1, -0.05) is 19.8 Å². The molecule has 19 heavy (non-hydrogen) atoms. The zero-order valence-electron chi connectivity index (χ0n) is 11.1. The topological polar surface area (TPSA) is 85.4 Å². The first-order chi connectivity index (χ1) is 9.10. The maximum atomic E-state index is 11.0. The largest absolute Gasteiger partial charge is 0.478 e. The highest BCUT2D eigenvalue weighted by molar-refractivity contribution is 5.93. The first-order valence-corrected chi connectivity index (χ1v) is 6.75. The van der Waals surface area contributed by atoms with Crippen LogP contribution in [0.25, 0.3) is 0 Å². The van der Waals surface area contributed by atoms with E-state index in [1.54, 1.807) is 0 Å². The Hall–Kier alpha value is -1.78. The molecule has 1 aliphatic rings. The Morgan fingerprint density at radius 3 is 3.05 bits per heavy atom. The van der Waals surface area contributed by atoms with Gasteiger partial charge in [0, 0.05) is 6.07 Å². The van der Waals surface area contributed by atoms with Crippen molar-refractivity contribution >= 4 is 11.7 Å². The molecule has 0 radical (unpaired) electrons. The third-order valence-electron chi connectivity index (χ3n) is 3.74. The fraction of sp³-hybridized carbons (Fsp3) is 0.571. The van der Waals surface area contributed by atoms with Gasteiger partial charge in [-0.2, -0.15) is 0 Å². The summed E-state index contributed by atoms with van der Waals surface area (Å²) in [5.41, 5.74) is 5.78. The molecular weight excluding hydrogens is 244 g/mol. The molecule has 2 rings (SSSR count). The summed E-state index contributed by atoms with van der Waals surface area (Å²) in [6.45, 7) is 2.19. The van der Waals surface area contributed by atoms with Crippen LogP contribution in [-0.2, 0) is 0 Å². The monoisotopic (exact) mass is 264 g/mol. The number of hydrogen-bond acceptors (Lipinski definition) is 4. The number of nitrogens with two attached hydrogens (primary N) is 1. The first kappa shape index (κ1) is 13.6. The lowest BCUT2D eigenvalue weighted by atomic mass is 9.85. The van der Waals surface area contributed by atoms with Crippen LogP contribution >= 0.6 is 0 Å². The lowest BCUT2D eigenvalue weighted by molar-refractivity contribution is 0.0695. The molecule has 0 bridgehead atoms. The van der Waals surface area contributed by atoms with E-state index in [1.807, 2.05) is 0 Å². The average molecular weight is 264 g/mol. The van der Waals surface area contributed by atoms with Crippen molar-refractivity contribution < 1.29 is 14.6 Å². The van der Waals surface area contributed by atoms with Crippen LogP contribution in [0.3, 0.4) is 0 Å². The third-order valence-corrected chi connectivity index (χ3v) is 3.74. The first-order valence-electron chi connectivity index (χ1n) is 6.75. The van der Waals surface area contributed by atoms with Crippen molar-refractivity contribution in [1.29, 1.82) is 0 Å². The Morgan fingerprint density at radius 1 is 1.58 bits per heavy atom. The SMILES string of the molecule is CCC1CCCC(Oc2cc(C(=O)O)c(N)cn2)C1. The summed E-state index contributed by atoms with van der Waals surface area (Å²) in [5.74, 6) is -0.000317. The number of aromatic carboxylic acids is 1. The number of rotatable bonds is 4. The number of nitrogens with zero attached hydrogens (tertiary/aromatic N) is 1. The van der Waals surface area contributed by atoms with Gasteiger partial charge >= 0.3 is 5.97 Å². The van der Waals surface area contributed by atoms with Crippen LogP contribution < -0.4 is 10.5 Å². The van der Waals surface area contributed by atoms with E-state index in [4.69, 9.17) is 15.6 Å². The molecule has 0 aromatic carbocycles. The van der Waals surface area contributed by atoms with Gasteiger partial charge in [0.1, 0.15) is 6.10 Å². The van der Waals surface area contributed by atoms with Gasteiger partial charge < -0.3 is 15.6 Å². The molecule has 1 heterocycles. The molecule has 0 spiro atoms. The third kappa shape index (κ3) is 3.36. The molecule has 1 aliphatic carbocycles. The second kappa shape index (κ2) is 5.91. The normalized spacial score (nSPS) is 23.0. The molecule has 1 aromatic rings. The maximum absolute atomic E-state index is 11.0. The lowest BCUT2D eigenvalue weighted by Gasteiger charge is -2.28. The van der Waals surface area contributed by atoms with E-state index in [0.29, 0.717) is 11.8 Å². The van der Waals surface area contributed by atoms with Gasteiger partial charge in [-0.3, -0.25) is 0 Å². The highest BCUT2D eigenvalue weighted by Gasteiger charge is 2.23. The van der Waals surface area contributed by atoms with Crippen molar-refractivity contribution in [3.8, 4) is 5.88 Å². The number of ether oxygens (including phenoxy) is 1. The Balaban J connectivity index is 2.06. The molecule has 5 nitrogen and oxygen atoms in total. The predicted octanol–water partition coefficient (Wildman–Crippen LogP) is 2.71. The van der Waals surface area contributed by atoms with E-state index < -0.39 is 5.97 Å². The minimum absolute atomic E-state index is 0.0489. The molecule has 1 fully saturated rings. The average Bonchev–Trinajstić information content (AvgIpc) is 2.41. The summed E-state index contributed by atoms with van der Waals surface area (Å²) in [6.07, 6.45) is 7.08. The van der Waals surface area contributed by atoms with Crippen molar-refractivity contribution in [3.05, 3.63) is 17.8 Å². The van der Waals surface area contributed by atoms with Gasteiger partial charge in [-0.15, -0.1) is 0 Å². The summed E-state index contributed by atoms with van der Waals surface area (Å²) < 4.78 is 5.80. The molecule has 0 amide bonds. The van der Waals surface area contributed by atoms with Gasteiger partial charge in [0.2, 0.25) is 5.88 Å². The van der Waals surface area contributed by atoms with Crippen LogP contribution in [0, 0.1) is 5.92 Å². The molecular formula is C14H20N2O3. The Kier molecular flexibility index (Phi) is 4.24. The molecule has 3 N–H and O–H groups in total. The van der Waals surface area contributed by atoms with Crippen molar-refractivity contribution in [3.63, 3.8) is 0 Å². The minimum Gasteiger partial charge on any atom is -0.478 e. The molecule has 5 heteroatoms. The summed E-state index contributed by atoms with van der Waals surface area (Å²) in [6, 6.07) is 1.41. The summed E-state index contributed by atoms with van der Waals surface area (Å²) in [7, 11) is 0. The maximum Gasteiger partial charge on any atom is 0.338 e. The van der Waals surface area contributed by atoms with Gasteiger partial charge in [-0.25, -0.2) is 9.78 Å². The van der Waals surface area contributed by atoms with Crippen molar-refractivity contribution in [1.82, 2.24) is 4.98 Å². The second-order valence-corrected chi connectivity index (χ2v) is 5.10. The fourth-order valence-electron chi connectivity index (χ4n) is 2.59. The number of nitrogen functional groups attached to an aromatic ring is 1. The number of anilines is 1. The lowest BCUT2D eigenvalue weighted by Crippen LogP contribution is -2.25. The van der Waals surface area contributed by atoms with Gasteiger partial charge in [0.25, 0.3) is 0 Å². The highest BCUT2D eigenvalue weighted by atomic mass is 16.5. The van der Waals surface area contributed by atoms with Gasteiger partial charge in [0.15, 0.2) is 0 Å². The molecule has 0 saturated heterocycles. The zero-order valence-corrected chi connectivity index (χ0v) is 11.1. The number of carboxylic acid groups (broad SMARTS) is 1. The minimum atomic E-state index is -1.06. The van der Waals surface area contributed by atoms with Crippen molar-refractivity contribution in [2.75, 3.05) is 5.73 Å². The number of carbonyl (C=O) groups is 1. The zero-order chi connectivity index (χ0) is 13.8. The summed E-state index contributed by atoms with van der Waals surface area (Å²) in [5, 5.41) is 9.01.